The summed E-state index contributed by atoms with van der Waals surface area (Å²) < 4.78 is 18.3. The molecule has 2 aliphatic heterocycles. The van der Waals surface area contributed by atoms with E-state index in [4.69, 9.17) is 4.74 Å². The average Bonchev–Trinajstić information content (AvgIpc) is 2.81. The van der Waals surface area contributed by atoms with Crippen LogP contribution < -0.4 is 9.64 Å². The van der Waals surface area contributed by atoms with Gasteiger partial charge in [0.25, 0.3) is 0 Å². The van der Waals surface area contributed by atoms with Crippen molar-refractivity contribution in [1.29, 1.82) is 0 Å². The predicted molar refractivity (Wildman–Crippen MR) is 122 cm³/mol. The Kier molecular flexibility index (Phi) is 7.03. The molecule has 1 unspecified atom stereocenters. The van der Waals surface area contributed by atoms with Crippen LogP contribution in [0.1, 0.15) is 18.4 Å². The van der Waals surface area contributed by atoms with Gasteiger partial charge in [0.15, 0.2) is 0 Å². The first-order chi connectivity index (χ1) is 14.7. The summed E-state index contributed by atoms with van der Waals surface area (Å²) in [5, 5.41) is 0. The van der Waals surface area contributed by atoms with E-state index in [0.29, 0.717) is 6.04 Å². The summed E-state index contributed by atoms with van der Waals surface area (Å²) in [4.78, 5) is 7.70. The number of halogens is 1. The summed E-state index contributed by atoms with van der Waals surface area (Å²) in [6.07, 6.45) is 6.85. The summed E-state index contributed by atoms with van der Waals surface area (Å²) >= 11 is 0. The molecule has 160 valence electrons. The van der Waals surface area contributed by atoms with Gasteiger partial charge in [-0.1, -0.05) is 24.3 Å². The quantitative estimate of drug-likeness (QED) is 0.714. The Balaban J connectivity index is 1.25. The number of benzene rings is 2. The molecule has 0 bridgehead atoms. The number of anilines is 1. The van der Waals surface area contributed by atoms with Gasteiger partial charge in [-0.05, 0) is 61.3 Å². The fraction of sp³-hybridized carbons (Fsp3) is 0.440. The minimum atomic E-state index is -0.182. The Morgan fingerprint density at radius 2 is 1.70 bits per heavy atom. The SMILES string of the molecule is COc1ccc(N2CCN(C3CCCN(CC=Cc4ccc(F)cc4)C3)CC2)cc1. The maximum atomic E-state index is 13.0. The predicted octanol–water partition coefficient (Wildman–Crippen LogP) is 4.13. The lowest BCUT2D eigenvalue weighted by molar-refractivity contribution is 0.0991. The summed E-state index contributed by atoms with van der Waals surface area (Å²) in [7, 11) is 1.71. The second-order valence-electron chi connectivity index (χ2n) is 8.23. The highest BCUT2D eigenvalue weighted by molar-refractivity contribution is 5.50. The molecule has 0 amide bonds. The van der Waals surface area contributed by atoms with Crippen LogP contribution in [0.15, 0.2) is 54.6 Å². The van der Waals surface area contributed by atoms with E-state index in [1.807, 2.05) is 24.3 Å². The second kappa shape index (κ2) is 10.1. The lowest BCUT2D eigenvalue weighted by Crippen LogP contribution is -2.55. The first-order valence-corrected chi connectivity index (χ1v) is 11.0. The highest BCUT2D eigenvalue weighted by Gasteiger charge is 2.27. The highest BCUT2D eigenvalue weighted by atomic mass is 19.1. The smallest absolute Gasteiger partial charge is 0.123 e. The summed E-state index contributed by atoms with van der Waals surface area (Å²) in [6, 6.07) is 15.7. The number of piperazine rings is 1. The molecule has 2 aromatic rings. The molecule has 0 spiro atoms. The average molecular weight is 410 g/mol. The van der Waals surface area contributed by atoms with Crippen molar-refractivity contribution in [3.05, 3.63) is 66.0 Å². The first-order valence-electron chi connectivity index (χ1n) is 11.0. The maximum Gasteiger partial charge on any atom is 0.123 e. The van der Waals surface area contributed by atoms with Gasteiger partial charge in [0.05, 0.1) is 7.11 Å². The number of hydrogen-bond donors (Lipinski definition) is 0. The van der Waals surface area contributed by atoms with Crippen molar-refractivity contribution in [2.75, 3.05) is 57.8 Å². The Bertz CT molecular complexity index is 813. The van der Waals surface area contributed by atoms with Crippen LogP contribution in [0, 0.1) is 5.82 Å². The molecular formula is C25H32FN3O. The summed E-state index contributed by atoms with van der Waals surface area (Å²) in [5.41, 5.74) is 2.34. The molecular weight excluding hydrogens is 377 g/mol. The van der Waals surface area contributed by atoms with Crippen molar-refractivity contribution >= 4 is 11.8 Å². The zero-order valence-electron chi connectivity index (χ0n) is 17.8. The molecule has 5 heteroatoms. The van der Waals surface area contributed by atoms with Crippen LogP contribution in [0.4, 0.5) is 10.1 Å². The molecule has 0 N–H and O–H groups in total. The number of nitrogens with zero attached hydrogens (tertiary/aromatic N) is 3. The van der Waals surface area contributed by atoms with E-state index in [9.17, 15) is 4.39 Å². The Morgan fingerprint density at radius 1 is 0.967 bits per heavy atom. The minimum absolute atomic E-state index is 0.182. The molecule has 0 aliphatic carbocycles. The van der Waals surface area contributed by atoms with Gasteiger partial charge in [-0.25, -0.2) is 4.39 Å². The van der Waals surface area contributed by atoms with E-state index in [2.05, 4.69) is 39.0 Å². The molecule has 30 heavy (non-hydrogen) atoms. The fourth-order valence-corrected chi connectivity index (χ4v) is 4.55. The second-order valence-corrected chi connectivity index (χ2v) is 8.23. The van der Waals surface area contributed by atoms with Gasteiger partial charge in [0.1, 0.15) is 11.6 Å². The van der Waals surface area contributed by atoms with Gasteiger partial charge in [-0.2, -0.15) is 0 Å². The summed E-state index contributed by atoms with van der Waals surface area (Å²) in [6.45, 7) is 7.65. The first kappa shape index (κ1) is 20.9. The number of hydrogen-bond acceptors (Lipinski definition) is 4. The Labute approximate surface area is 179 Å². The zero-order chi connectivity index (χ0) is 20.8. The Hall–Kier alpha value is -2.37. The van der Waals surface area contributed by atoms with E-state index in [1.165, 1.54) is 30.7 Å². The molecule has 0 saturated carbocycles. The third-order valence-electron chi connectivity index (χ3n) is 6.29. The van der Waals surface area contributed by atoms with Crippen LogP contribution in [-0.2, 0) is 0 Å². The van der Waals surface area contributed by atoms with Crippen molar-refractivity contribution in [2.24, 2.45) is 0 Å². The third kappa shape index (κ3) is 5.41. The molecule has 1 atom stereocenters. The van der Waals surface area contributed by atoms with Crippen LogP contribution in [-0.4, -0.2) is 68.8 Å². The zero-order valence-corrected chi connectivity index (χ0v) is 17.8. The lowest BCUT2D eigenvalue weighted by Gasteiger charge is -2.43. The molecule has 2 aromatic carbocycles. The maximum absolute atomic E-state index is 13.0. The topological polar surface area (TPSA) is 19.0 Å². The van der Waals surface area contributed by atoms with Crippen molar-refractivity contribution in [3.8, 4) is 5.75 Å². The molecule has 2 aliphatic rings. The molecule has 4 nitrogen and oxygen atoms in total. The lowest BCUT2D eigenvalue weighted by atomic mass is 10.0. The van der Waals surface area contributed by atoms with Crippen molar-refractivity contribution in [2.45, 2.75) is 18.9 Å². The van der Waals surface area contributed by atoms with Gasteiger partial charge in [-0.15, -0.1) is 0 Å². The van der Waals surface area contributed by atoms with Gasteiger partial charge in [-0.3, -0.25) is 9.80 Å². The van der Waals surface area contributed by atoms with E-state index < -0.39 is 0 Å². The van der Waals surface area contributed by atoms with Crippen molar-refractivity contribution in [1.82, 2.24) is 9.80 Å². The Morgan fingerprint density at radius 3 is 2.40 bits per heavy atom. The highest BCUT2D eigenvalue weighted by Crippen LogP contribution is 2.23. The number of methoxy groups -OCH3 is 1. The molecule has 2 saturated heterocycles. The molecule has 2 fully saturated rings. The van der Waals surface area contributed by atoms with E-state index in [0.717, 1.165) is 57.1 Å². The third-order valence-corrected chi connectivity index (χ3v) is 6.29. The molecule has 2 heterocycles. The molecule has 0 aromatic heterocycles. The van der Waals surface area contributed by atoms with E-state index in [-0.39, 0.29) is 5.82 Å². The van der Waals surface area contributed by atoms with Crippen LogP contribution in [0.3, 0.4) is 0 Å². The van der Waals surface area contributed by atoms with Crippen LogP contribution in [0.5, 0.6) is 5.75 Å². The van der Waals surface area contributed by atoms with Crippen LogP contribution in [0.25, 0.3) is 6.08 Å². The minimum Gasteiger partial charge on any atom is -0.497 e. The molecule has 4 rings (SSSR count). The van der Waals surface area contributed by atoms with Crippen molar-refractivity contribution < 1.29 is 9.13 Å². The largest absolute Gasteiger partial charge is 0.497 e. The van der Waals surface area contributed by atoms with Crippen LogP contribution in [0.2, 0.25) is 0 Å². The van der Waals surface area contributed by atoms with Crippen molar-refractivity contribution in [3.63, 3.8) is 0 Å². The van der Waals surface area contributed by atoms with E-state index >= 15 is 0 Å². The fourth-order valence-electron chi connectivity index (χ4n) is 4.55. The number of piperidine rings is 1. The summed E-state index contributed by atoms with van der Waals surface area (Å²) in [5.74, 6) is 0.728. The number of likely N-dealkylation sites (tertiary alicyclic amines) is 1. The van der Waals surface area contributed by atoms with Gasteiger partial charge >= 0.3 is 0 Å². The normalized spacial score (nSPS) is 21.3. The van der Waals surface area contributed by atoms with Gasteiger partial charge in [0.2, 0.25) is 0 Å². The molecule has 0 radical (unpaired) electrons. The number of ether oxygens (including phenoxy) is 1. The standard InChI is InChI=1S/C25H32FN3O/c1-30-25-12-10-23(11-13-25)28-16-18-29(19-17-28)24-5-3-15-27(20-24)14-2-4-21-6-8-22(26)9-7-21/h2,4,6-13,24H,3,5,14-20H2,1H3. The van der Waals surface area contributed by atoms with Crippen LogP contribution >= 0.6 is 0 Å². The monoisotopic (exact) mass is 409 g/mol. The van der Waals surface area contributed by atoms with E-state index in [1.54, 1.807) is 7.11 Å². The van der Waals surface area contributed by atoms with Gasteiger partial charge < -0.3 is 9.64 Å². The number of rotatable bonds is 6. The van der Waals surface area contributed by atoms with Gasteiger partial charge in [0, 0.05) is 51.0 Å².